The summed E-state index contributed by atoms with van der Waals surface area (Å²) in [6.45, 7) is 0.695. The van der Waals surface area contributed by atoms with Crippen molar-refractivity contribution in [2.45, 2.75) is 76.4 Å². The number of hydrogen-bond acceptors (Lipinski definition) is 2. The van der Waals surface area contributed by atoms with E-state index in [1.54, 1.807) is 0 Å². The summed E-state index contributed by atoms with van der Waals surface area (Å²) >= 11 is 0. The highest BCUT2D eigenvalue weighted by atomic mass is 16.3. The fourth-order valence-electron chi connectivity index (χ4n) is 3.14. The van der Waals surface area contributed by atoms with Crippen LogP contribution >= 0.6 is 0 Å². The number of carbonyl (C=O) groups excluding carboxylic acids is 1. The van der Waals surface area contributed by atoms with Crippen LogP contribution in [0.4, 0.5) is 4.79 Å². The third kappa shape index (κ3) is 5.16. The number of hydrogen-bond donors (Lipinski definition) is 3. The molecule has 0 aromatic carbocycles. The molecule has 0 saturated heterocycles. The van der Waals surface area contributed by atoms with Crippen molar-refractivity contribution in [2.75, 3.05) is 6.54 Å². The van der Waals surface area contributed by atoms with Gasteiger partial charge >= 0.3 is 6.03 Å². The standard InChI is InChI=1S/C16H28N2O2/c19-15-10-6-5-9-14(15)18-16(20)17-12-11-13-7-3-1-2-4-8-13/h7,14-15,19H,1-6,8-12H2,(H2,17,18,20)/t14-,15-/m1/s1. The number of aliphatic hydroxyl groups is 1. The average molecular weight is 280 g/mol. The summed E-state index contributed by atoms with van der Waals surface area (Å²) in [5.41, 5.74) is 1.49. The Hall–Kier alpha value is -1.03. The molecule has 1 saturated carbocycles. The smallest absolute Gasteiger partial charge is 0.315 e. The van der Waals surface area contributed by atoms with Gasteiger partial charge in [0, 0.05) is 6.54 Å². The van der Waals surface area contributed by atoms with Crippen molar-refractivity contribution in [3.8, 4) is 0 Å². The molecule has 0 unspecified atom stereocenters. The van der Waals surface area contributed by atoms with Crippen molar-refractivity contribution >= 4 is 6.03 Å². The highest BCUT2D eigenvalue weighted by Crippen LogP contribution is 2.19. The van der Waals surface area contributed by atoms with Crippen LogP contribution in [0.5, 0.6) is 0 Å². The maximum atomic E-state index is 11.8. The Bertz CT molecular complexity index is 341. The molecule has 1 fully saturated rings. The van der Waals surface area contributed by atoms with Gasteiger partial charge in [0.1, 0.15) is 0 Å². The van der Waals surface area contributed by atoms with Crippen LogP contribution in [0.25, 0.3) is 0 Å². The van der Waals surface area contributed by atoms with Gasteiger partial charge in [0.25, 0.3) is 0 Å². The second kappa shape index (κ2) is 8.30. The van der Waals surface area contributed by atoms with Crippen molar-refractivity contribution in [3.63, 3.8) is 0 Å². The Balaban J connectivity index is 1.63. The van der Waals surface area contributed by atoms with Crippen LogP contribution < -0.4 is 10.6 Å². The zero-order chi connectivity index (χ0) is 14.2. The molecule has 0 aromatic rings. The third-order valence-corrected chi connectivity index (χ3v) is 4.41. The zero-order valence-electron chi connectivity index (χ0n) is 12.4. The summed E-state index contributed by atoms with van der Waals surface area (Å²) in [5, 5.41) is 15.6. The quantitative estimate of drug-likeness (QED) is 0.693. The van der Waals surface area contributed by atoms with Gasteiger partial charge in [-0.15, -0.1) is 0 Å². The summed E-state index contributed by atoms with van der Waals surface area (Å²) in [4.78, 5) is 11.8. The molecule has 20 heavy (non-hydrogen) atoms. The predicted molar refractivity (Wildman–Crippen MR) is 80.6 cm³/mol. The van der Waals surface area contributed by atoms with Gasteiger partial charge in [-0.1, -0.05) is 30.9 Å². The summed E-state index contributed by atoms with van der Waals surface area (Å²) in [7, 11) is 0. The Labute approximate surface area is 122 Å². The van der Waals surface area contributed by atoms with Crippen LogP contribution in [0.15, 0.2) is 11.6 Å². The van der Waals surface area contributed by atoms with Gasteiger partial charge in [-0.25, -0.2) is 4.79 Å². The maximum Gasteiger partial charge on any atom is 0.315 e. The molecule has 4 heteroatoms. The fourth-order valence-corrected chi connectivity index (χ4v) is 3.14. The van der Waals surface area contributed by atoms with E-state index in [-0.39, 0.29) is 18.2 Å². The lowest BCUT2D eigenvalue weighted by atomic mass is 9.93. The number of urea groups is 1. The summed E-state index contributed by atoms with van der Waals surface area (Å²) in [6, 6.07) is -0.203. The van der Waals surface area contributed by atoms with Gasteiger partial charge in [0.2, 0.25) is 0 Å². The van der Waals surface area contributed by atoms with Crippen LogP contribution in [0.3, 0.4) is 0 Å². The first-order valence-corrected chi connectivity index (χ1v) is 8.16. The van der Waals surface area contributed by atoms with Crippen molar-refractivity contribution in [1.29, 1.82) is 0 Å². The van der Waals surface area contributed by atoms with E-state index in [0.29, 0.717) is 6.54 Å². The van der Waals surface area contributed by atoms with Gasteiger partial charge in [-0.3, -0.25) is 0 Å². The third-order valence-electron chi connectivity index (χ3n) is 4.41. The number of allylic oxidation sites excluding steroid dienone is 1. The SMILES string of the molecule is O=C(NCCC1=CCCCCC1)N[C@@H]1CCCC[C@H]1O. The lowest BCUT2D eigenvalue weighted by molar-refractivity contribution is 0.0943. The molecule has 2 amide bonds. The predicted octanol–water partition coefficient (Wildman–Crippen LogP) is 2.87. The normalized spacial score (nSPS) is 27.4. The summed E-state index contributed by atoms with van der Waals surface area (Å²) < 4.78 is 0. The van der Waals surface area contributed by atoms with Crippen molar-refractivity contribution in [2.24, 2.45) is 0 Å². The minimum Gasteiger partial charge on any atom is -0.391 e. The van der Waals surface area contributed by atoms with Gasteiger partial charge in [-0.05, 0) is 44.9 Å². The van der Waals surface area contributed by atoms with Crippen LogP contribution in [0.2, 0.25) is 0 Å². The molecule has 0 spiro atoms. The molecule has 0 heterocycles. The molecular formula is C16H28N2O2. The molecule has 0 bridgehead atoms. The first-order chi connectivity index (χ1) is 9.75. The van der Waals surface area contributed by atoms with Crippen molar-refractivity contribution < 1.29 is 9.90 Å². The largest absolute Gasteiger partial charge is 0.391 e. The molecule has 0 radical (unpaired) electrons. The Morgan fingerprint density at radius 3 is 2.90 bits per heavy atom. The van der Waals surface area contributed by atoms with Crippen LogP contribution in [0.1, 0.15) is 64.2 Å². The van der Waals surface area contributed by atoms with E-state index in [4.69, 9.17) is 0 Å². The zero-order valence-corrected chi connectivity index (χ0v) is 12.4. The van der Waals surface area contributed by atoms with E-state index < -0.39 is 0 Å². The highest BCUT2D eigenvalue weighted by Gasteiger charge is 2.24. The van der Waals surface area contributed by atoms with Crippen molar-refractivity contribution in [3.05, 3.63) is 11.6 Å². The topological polar surface area (TPSA) is 61.4 Å². The minimum absolute atomic E-state index is 0.0687. The molecular weight excluding hydrogens is 252 g/mol. The lowest BCUT2D eigenvalue weighted by Gasteiger charge is -2.28. The molecule has 2 aliphatic carbocycles. The highest BCUT2D eigenvalue weighted by molar-refractivity contribution is 5.74. The Morgan fingerprint density at radius 2 is 2.05 bits per heavy atom. The molecule has 0 aromatic heterocycles. The first kappa shape index (κ1) is 15.4. The molecule has 0 aliphatic heterocycles. The minimum atomic E-state index is -0.376. The Kier molecular flexibility index (Phi) is 6.37. The van der Waals surface area contributed by atoms with E-state index in [9.17, 15) is 9.90 Å². The molecule has 2 rings (SSSR count). The number of nitrogens with one attached hydrogen (secondary N) is 2. The van der Waals surface area contributed by atoms with Gasteiger partial charge in [0.05, 0.1) is 12.1 Å². The lowest BCUT2D eigenvalue weighted by Crippen LogP contribution is -2.49. The number of carbonyl (C=O) groups is 1. The molecule has 114 valence electrons. The fraction of sp³-hybridized carbons (Fsp3) is 0.812. The number of aliphatic hydroxyl groups excluding tert-OH is 1. The molecule has 3 N–H and O–H groups in total. The van der Waals surface area contributed by atoms with Crippen molar-refractivity contribution in [1.82, 2.24) is 10.6 Å². The van der Waals surface area contributed by atoms with E-state index in [2.05, 4.69) is 16.7 Å². The number of amides is 2. The van der Waals surface area contributed by atoms with Gasteiger partial charge < -0.3 is 15.7 Å². The van der Waals surface area contributed by atoms with E-state index in [1.807, 2.05) is 0 Å². The maximum absolute atomic E-state index is 11.8. The van der Waals surface area contributed by atoms with Crippen LogP contribution in [-0.4, -0.2) is 29.8 Å². The molecule has 2 aliphatic rings. The summed E-state index contributed by atoms with van der Waals surface area (Å²) in [5.74, 6) is 0. The average Bonchev–Trinajstić information content (AvgIpc) is 2.70. The van der Waals surface area contributed by atoms with Gasteiger partial charge in [-0.2, -0.15) is 0 Å². The summed E-state index contributed by atoms with van der Waals surface area (Å²) in [6.07, 6.45) is 13.1. The molecule has 4 nitrogen and oxygen atoms in total. The van der Waals surface area contributed by atoms with E-state index >= 15 is 0 Å². The second-order valence-corrected chi connectivity index (χ2v) is 6.07. The van der Waals surface area contributed by atoms with Crippen LogP contribution in [-0.2, 0) is 0 Å². The Morgan fingerprint density at radius 1 is 1.20 bits per heavy atom. The molecule has 2 atom stereocenters. The van der Waals surface area contributed by atoms with E-state index in [1.165, 1.54) is 37.7 Å². The van der Waals surface area contributed by atoms with E-state index in [0.717, 1.165) is 32.1 Å². The second-order valence-electron chi connectivity index (χ2n) is 6.07. The first-order valence-electron chi connectivity index (χ1n) is 8.16. The van der Waals surface area contributed by atoms with Crippen LogP contribution in [0, 0.1) is 0 Å². The monoisotopic (exact) mass is 280 g/mol. The van der Waals surface area contributed by atoms with Gasteiger partial charge in [0.15, 0.2) is 0 Å². The number of rotatable bonds is 4.